The van der Waals surface area contributed by atoms with E-state index in [9.17, 15) is 4.79 Å². The summed E-state index contributed by atoms with van der Waals surface area (Å²) in [6.45, 7) is 0.403. The van der Waals surface area contributed by atoms with Crippen molar-refractivity contribution in [3.63, 3.8) is 0 Å². The van der Waals surface area contributed by atoms with Gasteiger partial charge < -0.3 is 5.32 Å². The molecule has 0 bridgehead atoms. The van der Waals surface area contributed by atoms with Crippen molar-refractivity contribution in [1.82, 2.24) is 15.3 Å². The highest BCUT2D eigenvalue weighted by Gasteiger charge is 2.07. The molecule has 88 valence electrons. The fourth-order valence-corrected chi connectivity index (χ4v) is 1.40. The summed E-state index contributed by atoms with van der Waals surface area (Å²) in [6, 6.07) is 10.3. The van der Waals surface area contributed by atoms with Gasteiger partial charge in [-0.05, 0) is 29.8 Å². The average molecular weight is 238 g/mol. The van der Waals surface area contributed by atoms with Gasteiger partial charge in [-0.3, -0.25) is 9.78 Å². The number of nitriles is 1. The van der Waals surface area contributed by atoms with Gasteiger partial charge in [0.05, 0.1) is 0 Å². The molecule has 2 heterocycles. The number of hydrogen-bond donors (Lipinski definition) is 1. The van der Waals surface area contributed by atoms with Crippen LogP contribution >= 0.6 is 0 Å². The van der Waals surface area contributed by atoms with Crippen molar-refractivity contribution in [3.05, 3.63) is 59.7 Å². The first kappa shape index (κ1) is 11.7. The van der Waals surface area contributed by atoms with E-state index in [1.54, 1.807) is 30.6 Å². The fourth-order valence-electron chi connectivity index (χ4n) is 1.40. The quantitative estimate of drug-likeness (QED) is 0.873. The van der Waals surface area contributed by atoms with Gasteiger partial charge in [0.2, 0.25) is 0 Å². The van der Waals surface area contributed by atoms with Gasteiger partial charge in [0.1, 0.15) is 17.5 Å². The van der Waals surface area contributed by atoms with Crippen LogP contribution in [0.15, 0.2) is 42.7 Å². The van der Waals surface area contributed by atoms with Gasteiger partial charge in [-0.25, -0.2) is 4.98 Å². The van der Waals surface area contributed by atoms with Gasteiger partial charge in [0.25, 0.3) is 5.91 Å². The first-order chi connectivity index (χ1) is 8.79. The van der Waals surface area contributed by atoms with Crippen molar-refractivity contribution in [1.29, 1.82) is 5.26 Å². The van der Waals surface area contributed by atoms with Crippen molar-refractivity contribution >= 4 is 5.91 Å². The fraction of sp³-hybridized carbons (Fsp3) is 0.0769. The van der Waals surface area contributed by atoms with E-state index in [1.165, 1.54) is 0 Å². The number of aromatic nitrogens is 2. The van der Waals surface area contributed by atoms with Crippen LogP contribution in [0.1, 0.15) is 21.7 Å². The number of carbonyl (C=O) groups is 1. The lowest BCUT2D eigenvalue weighted by Crippen LogP contribution is -2.23. The number of nitrogens with one attached hydrogen (secondary N) is 1. The van der Waals surface area contributed by atoms with Gasteiger partial charge in [0, 0.05) is 18.9 Å². The summed E-state index contributed by atoms with van der Waals surface area (Å²) < 4.78 is 0. The molecule has 0 unspecified atom stereocenters. The molecule has 0 saturated carbocycles. The van der Waals surface area contributed by atoms with Crippen molar-refractivity contribution < 1.29 is 4.79 Å². The molecule has 0 spiro atoms. The normalized spacial score (nSPS) is 9.50. The average Bonchev–Trinajstić information content (AvgIpc) is 2.46. The number of amides is 1. The molecule has 0 aliphatic carbocycles. The Bertz CT molecular complexity index is 589. The Kier molecular flexibility index (Phi) is 3.62. The van der Waals surface area contributed by atoms with Gasteiger partial charge in [-0.15, -0.1) is 0 Å². The Morgan fingerprint density at radius 1 is 1.28 bits per heavy atom. The molecule has 2 aromatic heterocycles. The van der Waals surface area contributed by atoms with E-state index in [0.717, 1.165) is 5.56 Å². The number of hydrogen-bond acceptors (Lipinski definition) is 4. The molecule has 1 amide bonds. The largest absolute Gasteiger partial charge is 0.347 e. The van der Waals surface area contributed by atoms with E-state index in [-0.39, 0.29) is 17.3 Å². The van der Waals surface area contributed by atoms with Crippen LogP contribution in [0.3, 0.4) is 0 Å². The van der Waals surface area contributed by atoms with Crippen LogP contribution < -0.4 is 5.32 Å². The summed E-state index contributed by atoms with van der Waals surface area (Å²) in [5.74, 6) is -0.302. The molecular weight excluding hydrogens is 228 g/mol. The van der Waals surface area contributed by atoms with Crippen molar-refractivity contribution in [2.45, 2.75) is 6.54 Å². The molecule has 0 radical (unpaired) electrons. The molecule has 0 aliphatic heterocycles. The molecule has 1 N–H and O–H groups in total. The molecule has 0 atom stereocenters. The lowest BCUT2D eigenvalue weighted by Gasteiger charge is -2.04. The zero-order chi connectivity index (χ0) is 12.8. The predicted molar refractivity (Wildman–Crippen MR) is 64.4 cm³/mol. The monoisotopic (exact) mass is 238 g/mol. The Hall–Kier alpha value is -2.74. The standard InChI is InChI=1S/C13H10N4O/c14-8-11-2-1-3-12(17-11)13(18)16-9-10-4-6-15-7-5-10/h1-7H,9H2,(H,16,18). The van der Waals surface area contributed by atoms with Crippen LogP contribution in [0.4, 0.5) is 0 Å². The van der Waals surface area contributed by atoms with Crippen LogP contribution in [0.5, 0.6) is 0 Å². The minimum absolute atomic E-state index is 0.228. The second-order valence-electron chi connectivity index (χ2n) is 3.56. The second kappa shape index (κ2) is 5.55. The third kappa shape index (κ3) is 2.89. The summed E-state index contributed by atoms with van der Waals surface area (Å²) >= 11 is 0. The van der Waals surface area contributed by atoms with Crippen LogP contribution in [0.2, 0.25) is 0 Å². The second-order valence-corrected chi connectivity index (χ2v) is 3.56. The van der Waals surface area contributed by atoms with E-state index in [1.807, 2.05) is 18.2 Å². The topological polar surface area (TPSA) is 78.7 Å². The van der Waals surface area contributed by atoms with E-state index in [0.29, 0.717) is 6.54 Å². The molecule has 2 aromatic rings. The number of carbonyl (C=O) groups excluding carboxylic acids is 1. The zero-order valence-corrected chi connectivity index (χ0v) is 9.50. The van der Waals surface area contributed by atoms with E-state index in [2.05, 4.69) is 15.3 Å². The van der Waals surface area contributed by atoms with Crippen molar-refractivity contribution in [2.24, 2.45) is 0 Å². The summed E-state index contributed by atoms with van der Waals surface area (Å²) in [5, 5.41) is 11.4. The molecule has 0 aromatic carbocycles. The molecule has 0 fully saturated rings. The maximum Gasteiger partial charge on any atom is 0.270 e. The maximum absolute atomic E-state index is 11.8. The summed E-state index contributed by atoms with van der Waals surface area (Å²) in [4.78, 5) is 19.6. The summed E-state index contributed by atoms with van der Waals surface area (Å²) in [5.41, 5.74) is 1.42. The Morgan fingerprint density at radius 3 is 2.78 bits per heavy atom. The first-order valence-electron chi connectivity index (χ1n) is 5.34. The van der Waals surface area contributed by atoms with Gasteiger partial charge in [-0.2, -0.15) is 5.26 Å². The Balaban J connectivity index is 2.02. The highest BCUT2D eigenvalue weighted by Crippen LogP contribution is 2.00. The zero-order valence-electron chi connectivity index (χ0n) is 9.50. The molecule has 0 saturated heterocycles. The van der Waals surface area contributed by atoms with Gasteiger partial charge in [0.15, 0.2) is 0 Å². The maximum atomic E-state index is 11.8. The van der Waals surface area contributed by atoms with E-state index < -0.39 is 0 Å². The third-order valence-corrected chi connectivity index (χ3v) is 2.30. The lowest BCUT2D eigenvalue weighted by atomic mass is 10.2. The number of pyridine rings is 2. The molecule has 5 nitrogen and oxygen atoms in total. The highest BCUT2D eigenvalue weighted by molar-refractivity contribution is 5.92. The minimum Gasteiger partial charge on any atom is -0.347 e. The molecular formula is C13H10N4O. The molecule has 0 aliphatic rings. The molecule has 5 heteroatoms. The van der Waals surface area contributed by atoms with Crippen molar-refractivity contribution in [2.75, 3.05) is 0 Å². The van der Waals surface area contributed by atoms with Crippen LogP contribution in [-0.2, 0) is 6.54 Å². The number of rotatable bonds is 3. The van der Waals surface area contributed by atoms with Crippen LogP contribution in [-0.4, -0.2) is 15.9 Å². The molecule has 18 heavy (non-hydrogen) atoms. The first-order valence-corrected chi connectivity index (χ1v) is 5.34. The minimum atomic E-state index is -0.302. The number of nitrogens with zero attached hydrogens (tertiary/aromatic N) is 3. The summed E-state index contributed by atoms with van der Waals surface area (Å²) in [7, 11) is 0. The molecule has 2 rings (SSSR count). The predicted octanol–water partition coefficient (Wildman–Crippen LogP) is 1.28. The van der Waals surface area contributed by atoms with E-state index in [4.69, 9.17) is 5.26 Å². The van der Waals surface area contributed by atoms with Crippen LogP contribution in [0, 0.1) is 11.3 Å². The van der Waals surface area contributed by atoms with Crippen molar-refractivity contribution in [3.8, 4) is 6.07 Å². The van der Waals surface area contributed by atoms with Gasteiger partial charge in [-0.1, -0.05) is 6.07 Å². The Labute approximate surface area is 104 Å². The summed E-state index contributed by atoms with van der Waals surface area (Å²) in [6.07, 6.45) is 3.33. The highest BCUT2D eigenvalue weighted by atomic mass is 16.1. The van der Waals surface area contributed by atoms with E-state index >= 15 is 0 Å². The Morgan fingerprint density at radius 2 is 2.06 bits per heavy atom. The van der Waals surface area contributed by atoms with Crippen LogP contribution in [0.25, 0.3) is 0 Å². The SMILES string of the molecule is N#Cc1cccc(C(=O)NCc2ccncc2)n1. The van der Waals surface area contributed by atoms with Gasteiger partial charge >= 0.3 is 0 Å². The third-order valence-electron chi connectivity index (χ3n) is 2.30. The smallest absolute Gasteiger partial charge is 0.270 e. The lowest BCUT2D eigenvalue weighted by molar-refractivity contribution is 0.0946.